The van der Waals surface area contributed by atoms with Crippen molar-refractivity contribution in [1.82, 2.24) is 0 Å². The van der Waals surface area contributed by atoms with Gasteiger partial charge in [0, 0.05) is 11.4 Å². The number of ether oxygens (including phenoxy) is 1. The predicted molar refractivity (Wildman–Crippen MR) is 74.4 cm³/mol. The van der Waals surface area contributed by atoms with Crippen LogP contribution >= 0.6 is 27.5 Å². The monoisotopic (exact) mass is 346 g/mol. The van der Waals surface area contributed by atoms with Gasteiger partial charge in [-0.05, 0) is 39.7 Å². The molecule has 0 aliphatic heterocycles. The molecule has 0 saturated heterocycles. The molecule has 0 spiro atoms. The summed E-state index contributed by atoms with van der Waals surface area (Å²) in [6.45, 7) is 0.0789. The largest absolute Gasteiger partial charge is 0.486 e. The number of alkyl halides is 1. The fourth-order valence-electron chi connectivity index (χ4n) is 1.56. The molecule has 0 atom stereocenters. The average Bonchev–Trinajstić information content (AvgIpc) is 2.41. The summed E-state index contributed by atoms with van der Waals surface area (Å²) >= 11 is 8.74. The number of halogens is 4. The highest BCUT2D eigenvalue weighted by atomic mass is 79.9. The lowest BCUT2D eigenvalue weighted by molar-refractivity contribution is 0.289. The van der Waals surface area contributed by atoms with E-state index in [4.69, 9.17) is 16.3 Å². The molecule has 0 bridgehead atoms. The second-order valence-corrected chi connectivity index (χ2v) is 4.96. The molecule has 0 aliphatic carbocycles. The molecule has 0 N–H and O–H groups in total. The number of hydrogen-bond acceptors (Lipinski definition) is 1. The molecule has 5 heteroatoms. The zero-order valence-corrected chi connectivity index (χ0v) is 12.1. The molecule has 0 aromatic heterocycles. The van der Waals surface area contributed by atoms with E-state index in [1.807, 2.05) is 0 Å². The van der Waals surface area contributed by atoms with Crippen molar-refractivity contribution < 1.29 is 13.5 Å². The van der Waals surface area contributed by atoms with E-state index in [-0.39, 0.29) is 24.1 Å². The van der Waals surface area contributed by atoms with Crippen molar-refractivity contribution in [2.24, 2.45) is 0 Å². The summed E-state index contributed by atoms with van der Waals surface area (Å²) in [4.78, 5) is 0. The first-order chi connectivity index (χ1) is 9.11. The van der Waals surface area contributed by atoms with Crippen LogP contribution in [0.25, 0.3) is 0 Å². The first-order valence-electron chi connectivity index (χ1n) is 5.52. The Labute approximate surface area is 123 Å². The van der Waals surface area contributed by atoms with Crippen LogP contribution < -0.4 is 4.74 Å². The first kappa shape index (κ1) is 14.3. The molecule has 100 valence electrons. The Morgan fingerprint density at radius 3 is 2.58 bits per heavy atom. The zero-order chi connectivity index (χ0) is 13.8. The Bertz CT molecular complexity index is 590. The number of benzene rings is 2. The first-order valence-corrected chi connectivity index (χ1v) is 6.84. The SMILES string of the molecule is Fc1cc(CCl)ccc1OCc1cccc(F)c1Br. The lowest BCUT2D eigenvalue weighted by Gasteiger charge is -2.09. The van der Waals surface area contributed by atoms with Crippen LogP contribution in [0.1, 0.15) is 11.1 Å². The van der Waals surface area contributed by atoms with Crippen LogP contribution in [0.4, 0.5) is 8.78 Å². The van der Waals surface area contributed by atoms with E-state index < -0.39 is 5.82 Å². The third-order valence-electron chi connectivity index (χ3n) is 2.57. The highest BCUT2D eigenvalue weighted by molar-refractivity contribution is 9.10. The second-order valence-electron chi connectivity index (χ2n) is 3.90. The predicted octanol–water partition coefficient (Wildman–Crippen LogP) is 5.05. The lowest BCUT2D eigenvalue weighted by Crippen LogP contribution is -1.99. The van der Waals surface area contributed by atoms with E-state index in [9.17, 15) is 8.78 Å². The molecule has 2 rings (SSSR count). The Kier molecular flexibility index (Phi) is 4.77. The van der Waals surface area contributed by atoms with Gasteiger partial charge in [-0.3, -0.25) is 0 Å². The van der Waals surface area contributed by atoms with Crippen LogP contribution in [-0.4, -0.2) is 0 Å². The smallest absolute Gasteiger partial charge is 0.165 e. The van der Waals surface area contributed by atoms with Gasteiger partial charge in [-0.2, -0.15) is 0 Å². The van der Waals surface area contributed by atoms with Crippen LogP contribution in [0.5, 0.6) is 5.75 Å². The minimum absolute atomic E-state index is 0.0789. The average molecular weight is 348 g/mol. The quantitative estimate of drug-likeness (QED) is 0.704. The van der Waals surface area contributed by atoms with Crippen molar-refractivity contribution in [2.75, 3.05) is 0 Å². The maximum atomic E-state index is 13.7. The Morgan fingerprint density at radius 2 is 1.89 bits per heavy atom. The van der Waals surface area contributed by atoms with E-state index in [0.717, 1.165) is 0 Å². The molecule has 0 fully saturated rings. The van der Waals surface area contributed by atoms with Gasteiger partial charge in [0.05, 0.1) is 4.47 Å². The van der Waals surface area contributed by atoms with Gasteiger partial charge in [-0.15, -0.1) is 11.6 Å². The van der Waals surface area contributed by atoms with E-state index in [0.29, 0.717) is 15.6 Å². The molecule has 0 amide bonds. The molecule has 1 nitrogen and oxygen atoms in total. The molecule has 0 unspecified atom stereocenters. The van der Waals surface area contributed by atoms with Gasteiger partial charge in [-0.25, -0.2) is 8.78 Å². The second kappa shape index (κ2) is 6.35. The number of rotatable bonds is 4. The molecule has 19 heavy (non-hydrogen) atoms. The van der Waals surface area contributed by atoms with Crippen LogP contribution in [0.3, 0.4) is 0 Å². The highest BCUT2D eigenvalue weighted by Gasteiger charge is 2.08. The maximum Gasteiger partial charge on any atom is 0.165 e. The molecular formula is C14H10BrClF2O. The van der Waals surface area contributed by atoms with Crippen molar-refractivity contribution in [3.63, 3.8) is 0 Å². The molecule has 0 aliphatic rings. The lowest BCUT2D eigenvalue weighted by atomic mass is 10.2. The van der Waals surface area contributed by atoms with Crippen molar-refractivity contribution in [2.45, 2.75) is 12.5 Å². The summed E-state index contributed by atoms with van der Waals surface area (Å²) < 4.78 is 32.6. The molecule has 0 radical (unpaired) electrons. The summed E-state index contributed by atoms with van der Waals surface area (Å²) in [7, 11) is 0. The Balaban J connectivity index is 2.12. The van der Waals surface area contributed by atoms with Crippen molar-refractivity contribution in [3.8, 4) is 5.75 Å². The number of hydrogen-bond donors (Lipinski definition) is 0. The van der Waals surface area contributed by atoms with Gasteiger partial charge in [0.2, 0.25) is 0 Å². The topological polar surface area (TPSA) is 9.23 Å². The van der Waals surface area contributed by atoms with E-state index in [2.05, 4.69) is 15.9 Å². The van der Waals surface area contributed by atoms with Crippen LogP contribution in [-0.2, 0) is 12.5 Å². The van der Waals surface area contributed by atoms with Gasteiger partial charge in [0.25, 0.3) is 0 Å². The molecule has 2 aromatic rings. The van der Waals surface area contributed by atoms with Gasteiger partial charge < -0.3 is 4.74 Å². The standard InChI is InChI=1S/C14H10BrClF2O/c15-14-10(2-1-3-11(14)17)8-19-13-5-4-9(7-16)6-12(13)18/h1-6H,7-8H2. The third-order valence-corrected chi connectivity index (χ3v) is 3.76. The minimum Gasteiger partial charge on any atom is -0.486 e. The Morgan fingerprint density at radius 1 is 1.11 bits per heavy atom. The summed E-state index contributed by atoms with van der Waals surface area (Å²) in [5.41, 5.74) is 1.29. The maximum absolute atomic E-state index is 13.7. The fourth-order valence-corrected chi connectivity index (χ4v) is 2.10. The molecule has 0 saturated carbocycles. The molecular weight excluding hydrogens is 338 g/mol. The fraction of sp³-hybridized carbons (Fsp3) is 0.143. The summed E-state index contributed by atoms with van der Waals surface area (Å²) in [5.74, 6) is -0.498. The summed E-state index contributed by atoms with van der Waals surface area (Å²) in [6.07, 6.45) is 0. The van der Waals surface area contributed by atoms with Crippen molar-refractivity contribution in [3.05, 3.63) is 63.6 Å². The van der Waals surface area contributed by atoms with Crippen molar-refractivity contribution in [1.29, 1.82) is 0 Å². The van der Waals surface area contributed by atoms with Crippen molar-refractivity contribution >= 4 is 27.5 Å². The van der Waals surface area contributed by atoms with E-state index in [1.54, 1.807) is 18.2 Å². The zero-order valence-electron chi connectivity index (χ0n) is 9.80. The Hall–Kier alpha value is -1.13. The van der Waals surface area contributed by atoms with Gasteiger partial charge >= 0.3 is 0 Å². The van der Waals surface area contributed by atoms with Gasteiger partial charge in [-0.1, -0.05) is 18.2 Å². The van der Waals surface area contributed by atoms with Crippen LogP contribution in [0, 0.1) is 11.6 Å². The minimum atomic E-state index is -0.481. The van der Waals surface area contributed by atoms with Gasteiger partial charge in [0.15, 0.2) is 11.6 Å². The molecule has 2 aromatic carbocycles. The third kappa shape index (κ3) is 3.45. The van der Waals surface area contributed by atoms with Gasteiger partial charge in [0.1, 0.15) is 12.4 Å². The normalized spacial score (nSPS) is 10.5. The summed E-state index contributed by atoms with van der Waals surface area (Å²) in [5, 5.41) is 0. The molecule has 0 heterocycles. The van der Waals surface area contributed by atoms with E-state index in [1.165, 1.54) is 18.2 Å². The van der Waals surface area contributed by atoms with Crippen LogP contribution in [0.2, 0.25) is 0 Å². The van der Waals surface area contributed by atoms with Crippen LogP contribution in [0.15, 0.2) is 40.9 Å². The van der Waals surface area contributed by atoms with E-state index >= 15 is 0 Å². The summed E-state index contributed by atoms with van der Waals surface area (Å²) in [6, 6.07) is 9.14. The highest BCUT2D eigenvalue weighted by Crippen LogP contribution is 2.24.